The molecule has 0 radical (unpaired) electrons. The summed E-state index contributed by atoms with van der Waals surface area (Å²) in [5.41, 5.74) is 0.688. The maximum absolute atomic E-state index is 12.9. The summed E-state index contributed by atoms with van der Waals surface area (Å²) in [6.45, 7) is 7.25. The zero-order chi connectivity index (χ0) is 12.2. The SMILES string of the molecule is CCNCCC(C)(O)c1ccc(F)cc1C. The second-order valence-corrected chi connectivity index (χ2v) is 4.34. The first-order valence-electron chi connectivity index (χ1n) is 5.67. The van der Waals surface area contributed by atoms with Gasteiger partial charge in [0.25, 0.3) is 0 Å². The van der Waals surface area contributed by atoms with E-state index >= 15 is 0 Å². The molecule has 2 N–H and O–H groups in total. The van der Waals surface area contributed by atoms with Gasteiger partial charge in [-0.25, -0.2) is 4.39 Å². The van der Waals surface area contributed by atoms with Crippen molar-refractivity contribution in [3.63, 3.8) is 0 Å². The summed E-state index contributed by atoms with van der Waals surface area (Å²) in [5.74, 6) is -0.260. The van der Waals surface area contributed by atoms with Crippen molar-refractivity contribution in [2.45, 2.75) is 32.8 Å². The van der Waals surface area contributed by atoms with E-state index in [0.717, 1.165) is 24.2 Å². The van der Waals surface area contributed by atoms with Crippen LogP contribution in [0, 0.1) is 12.7 Å². The largest absolute Gasteiger partial charge is 0.385 e. The predicted molar refractivity (Wildman–Crippen MR) is 63.9 cm³/mol. The maximum Gasteiger partial charge on any atom is 0.123 e. The lowest BCUT2D eigenvalue weighted by atomic mass is 9.89. The molecule has 0 aliphatic carbocycles. The first-order chi connectivity index (χ1) is 7.47. The van der Waals surface area contributed by atoms with Crippen molar-refractivity contribution >= 4 is 0 Å². The Labute approximate surface area is 96.5 Å². The van der Waals surface area contributed by atoms with Crippen LogP contribution in [0.25, 0.3) is 0 Å². The Hall–Kier alpha value is -0.930. The highest BCUT2D eigenvalue weighted by Crippen LogP contribution is 2.27. The molecule has 1 aromatic carbocycles. The Kier molecular flexibility index (Phi) is 4.44. The van der Waals surface area contributed by atoms with Gasteiger partial charge in [0.05, 0.1) is 5.60 Å². The molecule has 2 nitrogen and oxygen atoms in total. The molecule has 0 aliphatic rings. The highest BCUT2D eigenvalue weighted by molar-refractivity contribution is 5.31. The van der Waals surface area contributed by atoms with Crippen molar-refractivity contribution in [3.05, 3.63) is 35.1 Å². The van der Waals surface area contributed by atoms with Gasteiger partial charge in [-0.05, 0) is 56.6 Å². The predicted octanol–water partition coefficient (Wildman–Crippen LogP) is 2.34. The molecule has 0 aromatic heterocycles. The quantitative estimate of drug-likeness (QED) is 0.754. The summed E-state index contributed by atoms with van der Waals surface area (Å²) >= 11 is 0. The van der Waals surface area contributed by atoms with Crippen molar-refractivity contribution in [3.8, 4) is 0 Å². The lowest BCUT2D eigenvalue weighted by molar-refractivity contribution is 0.0475. The molecule has 16 heavy (non-hydrogen) atoms. The summed E-state index contributed by atoms with van der Waals surface area (Å²) in [4.78, 5) is 0. The van der Waals surface area contributed by atoms with Crippen molar-refractivity contribution in [1.29, 1.82) is 0 Å². The Bertz CT molecular complexity index is 350. The Morgan fingerprint density at radius 3 is 2.69 bits per heavy atom. The van der Waals surface area contributed by atoms with E-state index in [1.807, 2.05) is 13.8 Å². The topological polar surface area (TPSA) is 32.3 Å². The minimum atomic E-state index is -0.903. The molecule has 3 heteroatoms. The summed E-state index contributed by atoms with van der Waals surface area (Å²) in [6, 6.07) is 4.51. The molecule has 0 aliphatic heterocycles. The number of benzene rings is 1. The minimum absolute atomic E-state index is 0.260. The second-order valence-electron chi connectivity index (χ2n) is 4.34. The molecule has 1 unspecified atom stereocenters. The molecule has 0 amide bonds. The Morgan fingerprint density at radius 2 is 2.12 bits per heavy atom. The molecular weight excluding hydrogens is 205 g/mol. The van der Waals surface area contributed by atoms with Crippen LogP contribution in [0.4, 0.5) is 4.39 Å². The van der Waals surface area contributed by atoms with Crippen molar-refractivity contribution in [1.82, 2.24) is 5.32 Å². The van der Waals surface area contributed by atoms with Crippen LogP contribution in [-0.4, -0.2) is 18.2 Å². The van der Waals surface area contributed by atoms with E-state index in [2.05, 4.69) is 5.32 Å². The van der Waals surface area contributed by atoms with Gasteiger partial charge in [-0.3, -0.25) is 0 Å². The number of aryl methyl sites for hydroxylation is 1. The molecule has 0 fully saturated rings. The van der Waals surface area contributed by atoms with Crippen LogP contribution >= 0.6 is 0 Å². The van der Waals surface area contributed by atoms with Gasteiger partial charge >= 0.3 is 0 Å². The lowest BCUT2D eigenvalue weighted by Gasteiger charge is -2.25. The van der Waals surface area contributed by atoms with E-state index in [9.17, 15) is 9.50 Å². The molecular formula is C13H20FNO. The van der Waals surface area contributed by atoms with Crippen LogP contribution in [0.3, 0.4) is 0 Å². The second kappa shape index (κ2) is 5.41. The number of aliphatic hydroxyl groups is 1. The highest BCUT2D eigenvalue weighted by Gasteiger charge is 2.24. The third-order valence-corrected chi connectivity index (χ3v) is 2.81. The van der Waals surface area contributed by atoms with E-state index in [4.69, 9.17) is 0 Å². The van der Waals surface area contributed by atoms with E-state index in [0.29, 0.717) is 6.42 Å². The summed E-state index contributed by atoms with van der Waals surface area (Å²) in [7, 11) is 0. The molecule has 1 aromatic rings. The molecule has 0 heterocycles. The van der Waals surface area contributed by atoms with Gasteiger partial charge in [-0.1, -0.05) is 13.0 Å². The Balaban J connectivity index is 2.80. The van der Waals surface area contributed by atoms with Gasteiger partial charge in [0.1, 0.15) is 5.82 Å². The monoisotopic (exact) mass is 225 g/mol. The van der Waals surface area contributed by atoms with Crippen LogP contribution in [0.1, 0.15) is 31.4 Å². The van der Waals surface area contributed by atoms with E-state index in [1.165, 1.54) is 12.1 Å². The zero-order valence-electron chi connectivity index (χ0n) is 10.2. The third-order valence-electron chi connectivity index (χ3n) is 2.81. The fourth-order valence-electron chi connectivity index (χ4n) is 1.87. The van der Waals surface area contributed by atoms with Crippen molar-refractivity contribution in [2.24, 2.45) is 0 Å². The minimum Gasteiger partial charge on any atom is -0.385 e. The average Bonchev–Trinajstić information content (AvgIpc) is 2.17. The molecule has 0 spiro atoms. The van der Waals surface area contributed by atoms with Crippen LogP contribution in [0.15, 0.2) is 18.2 Å². The summed E-state index contributed by atoms with van der Waals surface area (Å²) < 4.78 is 12.9. The van der Waals surface area contributed by atoms with E-state index in [-0.39, 0.29) is 5.82 Å². The van der Waals surface area contributed by atoms with Gasteiger partial charge in [0.2, 0.25) is 0 Å². The van der Waals surface area contributed by atoms with Crippen molar-refractivity contribution in [2.75, 3.05) is 13.1 Å². The van der Waals surface area contributed by atoms with Gasteiger partial charge < -0.3 is 10.4 Å². The van der Waals surface area contributed by atoms with E-state index in [1.54, 1.807) is 13.0 Å². The smallest absolute Gasteiger partial charge is 0.123 e. The summed E-state index contributed by atoms with van der Waals surface area (Å²) in [5, 5.41) is 13.5. The number of hydrogen-bond acceptors (Lipinski definition) is 2. The first-order valence-corrected chi connectivity index (χ1v) is 5.67. The Morgan fingerprint density at radius 1 is 1.44 bits per heavy atom. The number of nitrogens with one attached hydrogen (secondary N) is 1. The molecule has 1 rings (SSSR count). The van der Waals surface area contributed by atoms with Gasteiger partial charge in [-0.2, -0.15) is 0 Å². The summed E-state index contributed by atoms with van der Waals surface area (Å²) in [6.07, 6.45) is 0.618. The normalized spacial score (nSPS) is 14.8. The van der Waals surface area contributed by atoms with Crippen LogP contribution in [-0.2, 0) is 5.60 Å². The lowest BCUT2D eigenvalue weighted by Crippen LogP contribution is -2.28. The fourth-order valence-corrected chi connectivity index (χ4v) is 1.87. The molecule has 90 valence electrons. The zero-order valence-corrected chi connectivity index (χ0v) is 10.2. The number of hydrogen-bond donors (Lipinski definition) is 2. The standard InChI is InChI=1S/C13H20FNO/c1-4-15-8-7-13(3,16)12-6-5-11(14)9-10(12)2/h5-6,9,15-16H,4,7-8H2,1-3H3. The molecule has 1 atom stereocenters. The van der Waals surface area contributed by atoms with Crippen LogP contribution in [0.2, 0.25) is 0 Å². The first kappa shape index (κ1) is 13.1. The van der Waals surface area contributed by atoms with Crippen LogP contribution in [0.5, 0.6) is 0 Å². The van der Waals surface area contributed by atoms with Gasteiger partial charge in [0, 0.05) is 0 Å². The average molecular weight is 225 g/mol. The third kappa shape index (κ3) is 3.29. The van der Waals surface area contributed by atoms with E-state index < -0.39 is 5.60 Å². The maximum atomic E-state index is 12.9. The van der Waals surface area contributed by atoms with Crippen molar-refractivity contribution < 1.29 is 9.50 Å². The highest BCUT2D eigenvalue weighted by atomic mass is 19.1. The van der Waals surface area contributed by atoms with Gasteiger partial charge in [0.15, 0.2) is 0 Å². The molecule has 0 saturated carbocycles. The number of halogens is 1. The van der Waals surface area contributed by atoms with Gasteiger partial charge in [-0.15, -0.1) is 0 Å². The fraction of sp³-hybridized carbons (Fsp3) is 0.538. The van der Waals surface area contributed by atoms with Crippen LogP contribution < -0.4 is 5.32 Å². The number of rotatable bonds is 5. The molecule has 0 saturated heterocycles. The molecule has 0 bridgehead atoms.